The third kappa shape index (κ3) is 6.51. The van der Waals surface area contributed by atoms with E-state index in [-0.39, 0.29) is 0 Å². The molecule has 0 aromatic heterocycles. The number of hydrogen-bond donors (Lipinski definition) is 0. The van der Waals surface area contributed by atoms with E-state index in [0.29, 0.717) is 10.9 Å². The monoisotopic (exact) mass is 500 g/mol. The van der Waals surface area contributed by atoms with Crippen LogP contribution in [0, 0.1) is 6.92 Å². The third-order valence-electron chi connectivity index (χ3n) is 4.53. The van der Waals surface area contributed by atoms with Crippen molar-refractivity contribution >= 4 is 39.8 Å². The van der Waals surface area contributed by atoms with Gasteiger partial charge in [-0.05, 0) is 23.6 Å². The molecule has 1 saturated heterocycles. The van der Waals surface area contributed by atoms with Crippen molar-refractivity contribution in [2.45, 2.75) is 70.7 Å². The maximum Gasteiger partial charge on any atom is 0.305 e. The summed E-state index contributed by atoms with van der Waals surface area (Å²) in [5.41, 5.74) is 2.58. The Morgan fingerprint density at radius 3 is 1.87 bits per heavy atom. The van der Waals surface area contributed by atoms with Crippen molar-refractivity contribution in [2.24, 2.45) is 0 Å². The van der Waals surface area contributed by atoms with Gasteiger partial charge in [-0.25, -0.2) is 0 Å². The van der Waals surface area contributed by atoms with E-state index >= 15 is 0 Å². The Kier molecular flexibility index (Phi) is 8.58. The van der Waals surface area contributed by atoms with Gasteiger partial charge >= 0.3 is 23.9 Å². The summed E-state index contributed by atoms with van der Waals surface area (Å²) in [5.74, 6) is -2.78. The number of hydrogen-bond acceptors (Lipinski definition) is 9. The summed E-state index contributed by atoms with van der Waals surface area (Å²) in [6.07, 6.45) is -6.14. The Balaban J connectivity index is 2.60. The number of halogens is 1. The van der Waals surface area contributed by atoms with Gasteiger partial charge in [0.2, 0.25) is 12.4 Å². The summed E-state index contributed by atoms with van der Waals surface area (Å²) in [6, 6.07) is 5.47. The molecular formula is C21H25BrO9. The molecule has 0 aliphatic carbocycles. The molecule has 1 aliphatic heterocycles. The minimum absolute atomic E-state index is 0.564. The van der Waals surface area contributed by atoms with Crippen molar-refractivity contribution < 1.29 is 42.9 Å². The summed E-state index contributed by atoms with van der Waals surface area (Å²) < 4.78 is 27.3. The first-order valence-electron chi connectivity index (χ1n) is 9.53. The van der Waals surface area contributed by atoms with Crippen LogP contribution >= 0.6 is 15.9 Å². The number of aryl methyl sites for hydroxylation is 1. The lowest BCUT2D eigenvalue weighted by Gasteiger charge is -2.44. The van der Waals surface area contributed by atoms with Gasteiger partial charge < -0.3 is 23.7 Å². The predicted molar refractivity (Wildman–Crippen MR) is 110 cm³/mol. The molecule has 0 saturated carbocycles. The second kappa shape index (κ2) is 10.7. The van der Waals surface area contributed by atoms with Gasteiger partial charge in [-0.3, -0.25) is 19.2 Å². The summed E-state index contributed by atoms with van der Waals surface area (Å²) in [6.45, 7) is 6.60. The van der Waals surface area contributed by atoms with E-state index in [0.717, 1.165) is 31.9 Å². The zero-order valence-electron chi connectivity index (χ0n) is 17.9. The molecule has 1 fully saturated rings. The van der Waals surface area contributed by atoms with Gasteiger partial charge in [-0.2, -0.15) is 0 Å². The molecule has 1 aromatic rings. The van der Waals surface area contributed by atoms with Gasteiger partial charge in [0.05, 0.1) is 0 Å². The van der Waals surface area contributed by atoms with Crippen molar-refractivity contribution in [1.29, 1.82) is 0 Å². The number of esters is 4. The van der Waals surface area contributed by atoms with Crippen LogP contribution in [0.3, 0.4) is 0 Å². The van der Waals surface area contributed by atoms with Gasteiger partial charge in [-0.15, -0.1) is 0 Å². The van der Waals surface area contributed by atoms with Crippen molar-refractivity contribution in [3.8, 4) is 0 Å². The molecule has 31 heavy (non-hydrogen) atoms. The number of rotatable bonds is 6. The highest BCUT2D eigenvalue weighted by molar-refractivity contribution is 9.08. The topological polar surface area (TPSA) is 114 Å². The van der Waals surface area contributed by atoms with E-state index in [1.54, 1.807) is 6.07 Å². The summed E-state index contributed by atoms with van der Waals surface area (Å²) >= 11 is 3.43. The molecule has 0 spiro atoms. The number of carbonyl (C=O) groups excluding carboxylic acids is 4. The van der Waals surface area contributed by atoms with Crippen molar-refractivity contribution in [3.05, 3.63) is 34.9 Å². The lowest BCUT2D eigenvalue weighted by molar-refractivity contribution is -0.298. The normalized spacial score (nSPS) is 25.3. The van der Waals surface area contributed by atoms with Crippen LogP contribution in [-0.4, -0.2) is 48.5 Å². The number of benzene rings is 1. The van der Waals surface area contributed by atoms with E-state index < -0.39 is 54.6 Å². The largest absolute Gasteiger partial charge is 0.455 e. The van der Waals surface area contributed by atoms with Crippen LogP contribution in [0.15, 0.2) is 18.2 Å². The van der Waals surface area contributed by atoms with Crippen LogP contribution in [-0.2, 0) is 48.2 Å². The Morgan fingerprint density at radius 1 is 0.839 bits per heavy atom. The second-order valence-corrected chi connectivity index (χ2v) is 7.64. The van der Waals surface area contributed by atoms with Gasteiger partial charge in [0.25, 0.3) is 0 Å². The van der Waals surface area contributed by atoms with Gasteiger partial charge in [0, 0.05) is 33.0 Å². The Bertz CT molecular complexity index is 853. The van der Waals surface area contributed by atoms with E-state index in [2.05, 4.69) is 15.9 Å². The van der Waals surface area contributed by atoms with Crippen molar-refractivity contribution in [3.63, 3.8) is 0 Å². The quantitative estimate of drug-likeness (QED) is 0.330. The second-order valence-electron chi connectivity index (χ2n) is 7.08. The first kappa shape index (κ1) is 24.8. The molecule has 0 amide bonds. The smallest absolute Gasteiger partial charge is 0.305 e. The SMILES string of the molecule is CC(=O)OC1OC(c2ccc(C)c(CBr)c2)[C@H](OC(C)=O)[C@@H](OC(C)=O)[C@@H]1OC(C)=O. The lowest BCUT2D eigenvalue weighted by atomic mass is 9.91. The lowest BCUT2D eigenvalue weighted by Crippen LogP contribution is -2.59. The maximum absolute atomic E-state index is 11.9. The molecule has 2 unspecified atom stereocenters. The van der Waals surface area contributed by atoms with Crippen LogP contribution in [0.1, 0.15) is 50.5 Å². The van der Waals surface area contributed by atoms with E-state index in [1.807, 2.05) is 19.1 Å². The Morgan fingerprint density at radius 2 is 1.35 bits per heavy atom. The fourth-order valence-corrected chi connectivity index (χ4v) is 3.92. The molecule has 1 aliphatic rings. The van der Waals surface area contributed by atoms with Crippen LogP contribution in [0.4, 0.5) is 0 Å². The average molecular weight is 501 g/mol. The molecule has 10 heteroatoms. The molecule has 1 aromatic carbocycles. The Hall–Kier alpha value is -2.46. The van der Waals surface area contributed by atoms with Crippen LogP contribution in [0.5, 0.6) is 0 Å². The van der Waals surface area contributed by atoms with Crippen molar-refractivity contribution in [2.75, 3.05) is 0 Å². The molecule has 0 N–H and O–H groups in total. The zero-order valence-corrected chi connectivity index (χ0v) is 19.5. The highest BCUT2D eigenvalue weighted by atomic mass is 79.9. The molecule has 170 valence electrons. The highest BCUT2D eigenvalue weighted by Crippen LogP contribution is 2.38. The molecule has 5 atom stereocenters. The fraction of sp³-hybridized carbons (Fsp3) is 0.524. The summed E-state index contributed by atoms with van der Waals surface area (Å²) in [5, 5.41) is 0.564. The minimum atomic E-state index is -1.39. The molecule has 0 bridgehead atoms. The molecular weight excluding hydrogens is 476 g/mol. The predicted octanol–water partition coefficient (Wildman–Crippen LogP) is 2.65. The highest BCUT2D eigenvalue weighted by Gasteiger charge is 2.53. The van der Waals surface area contributed by atoms with Gasteiger partial charge in [-0.1, -0.05) is 34.1 Å². The van der Waals surface area contributed by atoms with E-state index in [9.17, 15) is 19.2 Å². The summed E-state index contributed by atoms with van der Waals surface area (Å²) in [4.78, 5) is 47.1. The zero-order chi connectivity index (χ0) is 23.3. The maximum atomic E-state index is 11.9. The third-order valence-corrected chi connectivity index (χ3v) is 5.13. The molecule has 2 rings (SSSR count). The number of alkyl halides is 1. The number of carbonyl (C=O) groups is 4. The van der Waals surface area contributed by atoms with Crippen LogP contribution < -0.4 is 0 Å². The first-order valence-corrected chi connectivity index (χ1v) is 10.6. The fourth-order valence-electron chi connectivity index (χ4n) is 3.31. The first-order chi connectivity index (χ1) is 14.5. The molecule has 1 heterocycles. The Labute approximate surface area is 188 Å². The van der Waals surface area contributed by atoms with Gasteiger partial charge in [0.1, 0.15) is 6.10 Å². The molecule has 0 radical (unpaired) electrons. The number of ether oxygens (including phenoxy) is 5. The van der Waals surface area contributed by atoms with E-state index in [1.165, 1.54) is 6.92 Å². The van der Waals surface area contributed by atoms with Crippen molar-refractivity contribution in [1.82, 2.24) is 0 Å². The minimum Gasteiger partial charge on any atom is -0.455 e. The van der Waals surface area contributed by atoms with Crippen LogP contribution in [0.2, 0.25) is 0 Å². The van der Waals surface area contributed by atoms with Gasteiger partial charge in [0.15, 0.2) is 12.2 Å². The average Bonchev–Trinajstić information content (AvgIpc) is 2.65. The van der Waals surface area contributed by atoms with Crippen LogP contribution in [0.25, 0.3) is 0 Å². The van der Waals surface area contributed by atoms with E-state index in [4.69, 9.17) is 23.7 Å². The standard InChI is InChI=1S/C21H25BrO9/c1-10-6-7-15(8-16(10)9-22)17-18(27-11(2)23)19(28-12(3)24)20(29-13(4)25)21(31-17)30-14(5)26/h6-8,17-21H,9H2,1-5H3/t17?,18-,19+,20-,21?/m0/s1. The summed E-state index contributed by atoms with van der Waals surface area (Å²) in [7, 11) is 0. The molecule has 9 nitrogen and oxygen atoms in total.